The second-order valence-electron chi connectivity index (χ2n) is 3.87. The minimum Gasteiger partial charge on any atom is -0.462 e. The molecule has 19 heavy (non-hydrogen) atoms. The number of carbonyl (C=O) groups excluding carboxylic acids is 1. The monoisotopic (exact) mass is 343 g/mol. The number of hydrogen-bond acceptors (Lipinski definition) is 4. The van der Waals surface area contributed by atoms with Crippen molar-refractivity contribution in [2.45, 2.75) is 6.42 Å². The second kappa shape index (κ2) is 6.16. The van der Waals surface area contributed by atoms with E-state index in [0.29, 0.717) is 10.9 Å². The third kappa shape index (κ3) is 3.54. The highest BCUT2D eigenvalue weighted by molar-refractivity contribution is 9.10. The van der Waals surface area contributed by atoms with Crippen molar-refractivity contribution < 1.29 is 13.9 Å². The van der Waals surface area contributed by atoms with Gasteiger partial charge in [0.25, 0.3) is 0 Å². The number of anilines is 1. The maximum atomic E-state index is 13.2. The van der Waals surface area contributed by atoms with E-state index in [1.54, 1.807) is 11.3 Å². The van der Waals surface area contributed by atoms with Crippen LogP contribution in [0.25, 0.3) is 0 Å². The summed E-state index contributed by atoms with van der Waals surface area (Å²) in [6.07, 6.45) is 0.656. The van der Waals surface area contributed by atoms with Gasteiger partial charge in [0.2, 0.25) is 0 Å². The maximum Gasteiger partial charge on any atom is 0.339 e. The first-order valence-electron chi connectivity index (χ1n) is 5.50. The van der Waals surface area contributed by atoms with Gasteiger partial charge >= 0.3 is 5.97 Å². The van der Waals surface area contributed by atoms with Gasteiger partial charge in [-0.1, -0.05) is 0 Å². The van der Waals surface area contributed by atoms with Crippen LogP contribution < -0.4 is 5.73 Å². The number of rotatable bonds is 4. The highest BCUT2D eigenvalue weighted by Crippen LogP contribution is 2.23. The lowest BCUT2D eigenvalue weighted by atomic mass is 10.2. The molecule has 6 heteroatoms. The molecule has 0 aliphatic carbocycles. The van der Waals surface area contributed by atoms with Crippen LogP contribution in [0.3, 0.4) is 0 Å². The Hall–Kier alpha value is -1.40. The lowest BCUT2D eigenvalue weighted by Gasteiger charge is -2.07. The van der Waals surface area contributed by atoms with E-state index in [4.69, 9.17) is 10.5 Å². The Balaban J connectivity index is 1.98. The van der Waals surface area contributed by atoms with E-state index >= 15 is 0 Å². The summed E-state index contributed by atoms with van der Waals surface area (Å²) in [6.45, 7) is 0.277. The fraction of sp³-hybridized carbons (Fsp3) is 0.154. The Morgan fingerprint density at radius 3 is 2.95 bits per heavy atom. The fourth-order valence-electron chi connectivity index (χ4n) is 1.50. The van der Waals surface area contributed by atoms with Gasteiger partial charge in [-0.2, -0.15) is 11.3 Å². The summed E-state index contributed by atoms with van der Waals surface area (Å²) >= 11 is 4.71. The van der Waals surface area contributed by atoms with Crippen LogP contribution in [0.15, 0.2) is 33.4 Å². The topological polar surface area (TPSA) is 52.3 Å². The SMILES string of the molecule is Nc1cc(C(=O)OCCc2ccsc2)c(Br)cc1F. The van der Waals surface area contributed by atoms with Gasteiger partial charge in [0.15, 0.2) is 0 Å². The molecule has 2 N–H and O–H groups in total. The number of halogens is 2. The molecule has 0 atom stereocenters. The molecular weight excluding hydrogens is 333 g/mol. The molecule has 100 valence electrons. The Morgan fingerprint density at radius 2 is 2.26 bits per heavy atom. The van der Waals surface area contributed by atoms with Crippen molar-refractivity contribution in [3.63, 3.8) is 0 Å². The fourth-order valence-corrected chi connectivity index (χ4v) is 2.68. The molecule has 0 radical (unpaired) electrons. The molecule has 0 spiro atoms. The van der Waals surface area contributed by atoms with Crippen molar-refractivity contribution in [3.05, 3.63) is 50.4 Å². The third-order valence-corrected chi connectivity index (χ3v) is 3.90. The van der Waals surface area contributed by atoms with Crippen molar-refractivity contribution in [1.29, 1.82) is 0 Å². The van der Waals surface area contributed by atoms with Crippen LogP contribution in [0.4, 0.5) is 10.1 Å². The number of esters is 1. The third-order valence-electron chi connectivity index (χ3n) is 2.51. The summed E-state index contributed by atoms with van der Waals surface area (Å²) in [5.41, 5.74) is 6.70. The first-order chi connectivity index (χ1) is 9.08. The minimum absolute atomic E-state index is 0.0759. The van der Waals surface area contributed by atoms with E-state index in [1.807, 2.05) is 16.8 Å². The zero-order chi connectivity index (χ0) is 13.8. The van der Waals surface area contributed by atoms with Crippen LogP contribution in [0, 0.1) is 5.82 Å². The van der Waals surface area contributed by atoms with E-state index < -0.39 is 11.8 Å². The summed E-state index contributed by atoms with van der Waals surface area (Å²) in [4.78, 5) is 11.8. The highest BCUT2D eigenvalue weighted by atomic mass is 79.9. The van der Waals surface area contributed by atoms with E-state index in [1.165, 1.54) is 6.07 Å². The Kier molecular flexibility index (Phi) is 4.55. The average Bonchev–Trinajstić information content (AvgIpc) is 2.86. The van der Waals surface area contributed by atoms with Crippen LogP contribution in [-0.4, -0.2) is 12.6 Å². The zero-order valence-electron chi connectivity index (χ0n) is 9.86. The number of hydrogen-bond donors (Lipinski definition) is 1. The molecule has 0 fully saturated rings. The van der Waals surface area contributed by atoms with E-state index in [2.05, 4.69) is 15.9 Å². The largest absolute Gasteiger partial charge is 0.462 e. The smallest absolute Gasteiger partial charge is 0.339 e. The number of benzene rings is 1. The molecule has 1 aromatic carbocycles. The molecular formula is C13H11BrFNO2S. The molecule has 3 nitrogen and oxygen atoms in total. The predicted molar refractivity (Wildman–Crippen MR) is 76.8 cm³/mol. The van der Waals surface area contributed by atoms with Crippen LogP contribution in [0.1, 0.15) is 15.9 Å². The normalized spacial score (nSPS) is 10.4. The molecule has 1 heterocycles. The molecule has 0 saturated carbocycles. The summed E-state index contributed by atoms with van der Waals surface area (Å²) < 4.78 is 18.6. The lowest BCUT2D eigenvalue weighted by Crippen LogP contribution is -2.09. The average molecular weight is 344 g/mol. The van der Waals surface area contributed by atoms with Crippen LogP contribution in [-0.2, 0) is 11.2 Å². The van der Waals surface area contributed by atoms with Crippen molar-refractivity contribution in [2.75, 3.05) is 12.3 Å². The number of thiophene rings is 1. The molecule has 0 unspecified atom stereocenters. The number of nitrogen functional groups attached to an aromatic ring is 1. The first kappa shape index (κ1) is 14.0. The number of ether oxygens (including phenoxy) is 1. The zero-order valence-corrected chi connectivity index (χ0v) is 12.3. The van der Waals surface area contributed by atoms with Gasteiger partial charge in [-0.25, -0.2) is 9.18 Å². The van der Waals surface area contributed by atoms with Crippen LogP contribution in [0.2, 0.25) is 0 Å². The van der Waals surface area contributed by atoms with Crippen molar-refractivity contribution in [2.24, 2.45) is 0 Å². The second-order valence-corrected chi connectivity index (χ2v) is 5.51. The summed E-state index contributed by atoms with van der Waals surface area (Å²) in [5, 5.41) is 3.97. The molecule has 0 amide bonds. The lowest BCUT2D eigenvalue weighted by molar-refractivity contribution is 0.0508. The summed E-state index contributed by atoms with van der Waals surface area (Å²) in [5.74, 6) is -1.09. The van der Waals surface area contributed by atoms with Crippen LogP contribution in [0.5, 0.6) is 0 Å². The molecule has 0 aliphatic rings. The van der Waals surface area contributed by atoms with Crippen LogP contribution >= 0.6 is 27.3 Å². The van der Waals surface area contributed by atoms with Gasteiger partial charge in [-0.3, -0.25) is 0 Å². The minimum atomic E-state index is -0.568. The Labute approximate surface area is 122 Å². The van der Waals surface area contributed by atoms with Gasteiger partial charge < -0.3 is 10.5 Å². The van der Waals surface area contributed by atoms with E-state index in [9.17, 15) is 9.18 Å². The van der Waals surface area contributed by atoms with Gasteiger partial charge in [-0.05, 0) is 50.5 Å². The summed E-state index contributed by atoms with van der Waals surface area (Å²) in [6, 6.07) is 4.40. The van der Waals surface area contributed by atoms with Gasteiger partial charge in [0, 0.05) is 10.9 Å². The predicted octanol–water partition coefficient (Wildman–Crippen LogP) is 3.63. The number of carbonyl (C=O) groups is 1. The molecule has 0 saturated heterocycles. The molecule has 0 bridgehead atoms. The quantitative estimate of drug-likeness (QED) is 0.681. The van der Waals surface area contributed by atoms with Gasteiger partial charge in [-0.15, -0.1) is 0 Å². The molecule has 2 aromatic rings. The Bertz CT molecular complexity index is 587. The van der Waals surface area contributed by atoms with Crippen molar-refractivity contribution >= 4 is 38.9 Å². The molecule has 0 aliphatic heterocycles. The molecule has 1 aromatic heterocycles. The standard InChI is InChI=1S/C13H11BrFNO2S/c14-10-6-11(15)12(16)5-9(10)13(17)18-3-1-8-2-4-19-7-8/h2,4-7H,1,3,16H2. The van der Waals surface area contributed by atoms with Crippen molar-refractivity contribution in [1.82, 2.24) is 0 Å². The van der Waals surface area contributed by atoms with Crippen molar-refractivity contribution in [3.8, 4) is 0 Å². The van der Waals surface area contributed by atoms with Gasteiger partial charge in [0.1, 0.15) is 5.82 Å². The van der Waals surface area contributed by atoms with E-state index in [0.717, 1.165) is 11.6 Å². The maximum absolute atomic E-state index is 13.2. The summed E-state index contributed by atoms with van der Waals surface area (Å²) in [7, 11) is 0. The van der Waals surface area contributed by atoms with Gasteiger partial charge in [0.05, 0.1) is 17.9 Å². The van der Waals surface area contributed by atoms with E-state index in [-0.39, 0.29) is 17.9 Å². The number of nitrogens with two attached hydrogens (primary N) is 1. The molecule has 2 rings (SSSR count). The first-order valence-corrected chi connectivity index (χ1v) is 7.24. The Morgan fingerprint density at radius 1 is 1.47 bits per heavy atom. The highest BCUT2D eigenvalue weighted by Gasteiger charge is 2.14.